The summed E-state index contributed by atoms with van der Waals surface area (Å²) in [7, 11) is -2.41. The number of rotatable bonds is 5. The van der Waals surface area contributed by atoms with Crippen LogP contribution in [0.25, 0.3) is 0 Å². The molecule has 0 amide bonds. The molecule has 2 rings (SSSR count). The lowest BCUT2D eigenvalue weighted by molar-refractivity contribution is 0.0469. The quantitative estimate of drug-likeness (QED) is 0.739. The van der Waals surface area contributed by atoms with E-state index in [4.69, 9.17) is 14.6 Å². The molecule has 134 valence electrons. The van der Waals surface area contributed by atoms with Crippen LogP contribution in [-0.4, -0.2) is 21.5 Å². The number of aryl methyl sites for hydroxylation is 1. The summed E-state index contributed by atoms with van der Waals surface area (Å²) in [5.41, 5.74) is 1.95. The Hall–Kier alpha value is -1.90. The molecule has 0 saturated heterocycles. The highest BCUT2D eigenvalue weighted by Crippen LogP contribution is 2.25. The van der Waals surface area contributed by atoms with Crippen molar-refractivity contribution in [2.24, 2.45) is 5.14 Å². The second-order valence-electron chi connectivity index (χ2n) is 5.49. The van der Waals surface area contributed by atoms with E-state index in [-0.39, 0.29) is 17.1 Å². The van der Waals surface area contributed by atoms with E-state index in [2.05, 4.69) is 15.9 Å². The van der Waals surface area contributed by atoms with Gasteiger partial charge in [-0.2, -0.15) is 0 Å². The molecule has 25 heavy (non-hydrogen) atoms. The molecule has 0 bridgehead atoms. The second-order valence-corrected chi connectivity index (χ2v) is 7.94. The first-order chi connectivity index (χ1) is 11.6. The van der Waals surface area contributed by atoms with Gasteiger partial charge >= 0.3 is 5.97 Å². The zero-order valence-electron chi connectivity index (χ0n) is 14.0. The van der Waals surface area contributed by atoms with E-state index in [0.717, 1.165) is 4.47 Å². The minimum absolute atomic E-state index is 0.0148. The normalized spacial score (nSPS) is 11.2. The van der Waals surface area contributed by atoms with Crippen LogP contribution in [0.3, 0.4) is 0 Å². The molecule has 2 aromatic carbocycles. The van der Waals surface area contributed by atoms with Gasteiger partial charge in [0.2, 0.25) is 10.0 Å². The standard InChI is InChI=1S/C17H18BrNO5S/c1-10-6-12(8-16(11(10)2)25(19,21)22)17(20)24-9-13-7-14(18)4-5-15(13)23-3/h4-8H,9H2,1-3H3,(H2,19,21,22). The molecule has 0 spiro atoms. The second kappa shape index (κ2) is 7.55. The number of halogens is 1. The summed E-state index contributed by atoms with van der Waals surface area (Å²) >= 11 is 3.35. The molecule has 0 radical (unpaired) electrons. The fourth-order valence-corrected chi connectivity index (χ4v) is 3.61. The van der Waals surface area contributed by atoms with Crippen molar-refractivity contribution in [3.8, 4) is 5.75 Å². The van der Waals surface area contributed by atoms with E-state index in [1.165, 1.54) is 13.2 Å². The van der Waals surface area contributed by atoms with Gasteiger partial charge in [0.1, 0.15) is 12.4 Å². The third kappa shape index (κ3) is 4.59. The van der Waals surface area contributed by atoms with E-state index in [0.29, 0.717) is 22.4 Å². The lowest BCUT2D eigenvalue weighted by Crippen LogP contribution is -2.16. The summed E-state index contributed by atoms with van der Waals surface area (Å²) in [6.07, 6.45) is 0. The fraction of sp³-hybridized carbons (Fsp3) is 0.235. The van der Waals surface area contributed by atoms with Crippen molar-refractivity contribution in [1.82, 2.24) is 0 Å². The summed E-state index contributed by atoms with van der Waals surface area (Å²) < 4.78 is 34.7. The smallest absolute Gasteiger partial charge is 0.338 e. The maximum absolute atomic E-state index is 12.3. The van der Waals surface area contributed by atoms with Crippen molar-refractivity contribution in [2.45, 2.75) is 25.3 Å². The number of carbonyl (C=O) groups is 1. The highest BCUT2D eigenvalue weighted by atomic mass is 79.9. The zero-order valence-corrected chi connectivity index (χ0v) is 16.4. The Labute approximate surface area is 155 Å². The van der Waals surface area contributed by atoms with Crippen LogP contribution in [0.5, 0.6) is 5.75 Å². The van der Waals surface area contributed by atoms with Gasteiger partial charge in [0.25, 0.3) is 0 Å². The highest BCUT2D eigenvalue weighted by molar-refractivity contribution is 9.10. The molecule has 0 aromatic heterocycles. The van der Waals surface area contributed by atoms with Crippen molar-refractivity contribution >= 4 is 31.9 Å². The molecule has 0 atom stereocenters. The number of benzene rings is 2. The Balaban J connectivity index is 2.28. The number of methoxy groups -OCH3 is 1. The van der Waals surface area contributed by atoms with Crippen LogP contribution in [0.1, 0.15) is 27.0 Å². The average molecular weight is 428 g/mol. The third-order valence-corrected chi connectivity index (χ3v) is 5.29. The highest BCUT2D eigenvalue weighted by Gasteiger charge is 2.18. The Morgan fingerprint density at radius 3 is 2.48 bits per heavy atom. The first-order valence-electron chi connectivity index (χ1n) is 7.27. The van der Waals surface area contributed by atoms with Crippen LogP contribution in [-0.2, 0) is 21.4 Å². The Bertz CT molecular complexity index is 925. The van der Waals surface area contributed by atoms with Crippen LogP contribution in [0.4, 0.5) is 0 Å². The van der Waals surface area contributed by atoms with E-state index < -0.39 is 16.0 Å². The molecule has 8 heteroatoms. The number of esters is 1. The van der Waals surface area contributed by atoms with Gasteiger partial charge in [-0.15, -0.1) is 0 Å². The maximum Gasteiger partial charge on any atom is 0.338 e. The number of ether oxygens (including phenoxy) is 2. The van der Waals surface area contributed by atoms with Gasteiger partial charge in [-0.1, -0.05) is 15.9 Å². The molecule has 0 aliphatic carbocycles. The monoisotopic (exact) mass is 427 g/mol. The largest absolute Gasteiger partial charge is 0.496 e. The zero-order chi connectivity index (χ0) is 18.8. The number of hydrogen-bond acceptors (Lipinski definition) is 5. The lowest BCUT2D eigenvalue weighted by atomic mass is 10.1. The van der Waals surface area contributed by atoms with Crippen LogP contribution in [0.15, 0.2) is 39.7 Å². The molecular weight excluding hydrogens is 410 g/mol. The third-order valence-electron chi connectivity index (χ3n) is 3.76. The average Bonchev–Trinajstić information content (AvgIpc) is 2.54. The number of hydrogen-bond donors (Lipinski definition) is 1. The Kier molecular flexibility index (Phi) is 5.87. The number of sulfonamides is 1. The van der Waals surface area contributed by atoms with Crippen molar-refractivity contribution in [2.75, 3.05) is 7.11 Å². The lowest BCUT2D eigenvalue weighted by Gasteiger charge is -2.12. The van der Waals surface area contributed by atoms with Gasteiger partial charge in [0.15, 0.2) is 0 Å². The summed E-state index contributed by atoms with van der Waals surface area (Å²) in [6.45, 7) is 3.33. The van der Waals surface area contributed by atoms with Crippen LogP contribution >= 0.6 is 15.9 Å². The minimum Gasteiger partial charge on any atom is -0.496 e. The number of nitrogens with two attached hydrogens (primary N) is 1. The van der Waals surface area contributed by atoms with Gasteiger partial charge in [0, 0.05) is 10.0 Å². The minimum atomic E-state index is -3.93. The van der Waals surface area contributed by atoms with Gasteiger partial charge in [0.05, 0.1) is 17.6 Å². The Morgan fingerprint density at radius 1 is 1.20 bits per heavy atom. The fourth-order valence-electron chi connectivity index (χ4n) is 2.33. The molecule has 0 heterocycles. The first kappa shape index (κ1) is 19.4. The molecule has 6 nitrogen and oxygen atoms in total. The summed E-state index contributed by atoms with van der Waals surface area (Å²) in [6, 6.07) is 8.15. The van der Waals surface area contributed by atoms with Crippen molar-refractivity contribution in [3.05, 3.63) is 57.1 Å². The predicted octanol–water partition coefficient (Wildman–Crippen LogP) is 3.08. The molecule has 2 N–H and O–H groups in total. The van der Waals surface area contributed by atoms with Gasteiger partial charge < -0.3 is 9.47 Å². The summed E-state index contributed by atoms with van der Waals surface area (Å²) in [5, 5.41) is 5.21. The van der Waals surface area contributed by atoms with E-state index >= 15 is 0 Å². The van der Waals surface area contributed by atoms with Crippen LogP contribution in [0.2, 0.25) is 0 Å². The van der Waals surface area contributed by atoms with Gasteiger partial charge in [-0.05, 0) is 55.3 Å². The molecule has 0 aliphatic rings. The number of carbonyl (C=O) groups excluding carboxylic acids is 1. The van der Waals surface area contributed by atoms with Crippen molar-refractivity contribution in [3.63, 3.8) is 0 Å². The molecule has 0 unspecified atom stereocenters. The first-order valence-corrected chi connectivity index (χ1v) is 9.61. The molecular formula is C17H18BrNO5S. The maximum atomic E-state index is 12.3. The molecule has 0 fully saturated rings. The van der Waals surface area contributed by atoms with E-state index in [1.807, 2.05) is 6.07 Å². The molecule has 0 saturated carbocycles. The number of primary sulfonamides is 1. The SMILES string of the molecule is COc1ccc(Br)cc1COC(=O)c1cc(C)c(C)c(S(N)(=O)=O)c1. The van der Waals surface area contributed by atoms with E-state index in [1.54, 1.807) is 32.0 Å². The van der Waals surface area contributed by atoms with Crippen LogP contribution < -0.4 is 9.88 Å². The van der Waals surface area contributed by atoms with Crippen molar-refractivity contribution in [1.29, 1.82) is 0 Å². The summed E-state index contributed by atoms with van der Waals surface area (Å²) in [5.74, 6) is -0.0589. The van der Waals surface area contributed by atoms with Crippen molar-refractivity contribution < 1.29 is 22.7 Å². The van der Waals surface area contributed by atoms with E-state index in [9.17, 15) is 13.2 Å². The van der Waals surface area contributed by atoms with Crippen LogP contribution in [0, 0.1) is 13.8 Å². The van der Waals surface area contributed by atoms with Gasteiger partial charge in [-0.3, -0.25) is 0 Å². The Morgan fingerprint density at radius 2 is 1.88 bits per heavy atom. The van der Waals surface area contributed by atoms with Gasteiger partial charge in [-0.25, -0.2) is 18.4 Å². The summed E-state index contributed by atoms with van der Waals surface area (Å²) in [4.78, 5) is 12.3. The molecule has 0 aliphatic heterocycles. The topological polar surface area (TPSA) is 95.7 Å². The predicted molar refractivity (Wildman–Crippen MR) is 97.1 cm³/mol. The molecule has 2 aromatic rings.